The van der Waals surface area contributed by atoms with Crippen molar-refractivity contribution in [3.8, 4) is 0 Å². The lowest BCUT2D eigenvalue weighted by molar-refractivity contribution is 0.468. The van der Waals surface area contributed by atoms with Crippen molar-refractivity contribution in [3.05, 3.63) is 23.7 Å². The first kappa shape index (κ1) is 7.69. The molecule has 1 unspecified atom stereocenters. The molecule has 0 radical (unpaired) electrons. The zero-order valence-electron chi connectivity index (χ0n) is 6.09. The molecule has 1 N–H and O–H groups in total. The first-order valence-corrected chi connectivity index (χ1v) is 3.67. The van der Waals surface area contributed by atoms with Gasteiger partial charge in [-0.3, -0.25) is 0 Å². The molecule has 1 rings (SSSR count). The van der Waals surface area contributed by atoms with Gasteiger partial charge in [0.1, 0.15) is 16.9 Å². The van der Waals surface area contributed by atoms with E-state index < -0.39 is 0 Å². The van der Waals surface area contributed by atoms with Crippen LogP contribution in [0.4, 0.5) is 0 Å². The van der Waals surface area contributed by atoms with Crippen molar-refractivity contribution in [3.63, 3.8) is 0 Å². The molecule has 0 amide bonds. The number of rotatable bonds is 2. The summed E-state index contributed by atoms with van der Waals surface area (Å²) < 4.78 is 5.30. The van der Waals surface area contributed by atoms with Crippen LogP contribution in [-0.2, 0) is 0 Å². The Hall–Kier alpha value is -0.410. The molecule has 0 spiro atoms. The Morgan fingerprint density at radius 1 is 1.60 bits per heavy atom. The Morgan fingerprint density at radius 3 is 2.70 bits per heavy atom. The van der Waals surface area contributed by atoms with Gasteiger partial charge in [0.05, 0.1) is 0 Å². The molecule has 0 bridgehead atoms. The molecule has 0 aliphatic heterocycles. The second-order valence-electron chi connectivity index (χ2n) is 2.14. The van der Waals surface area contributed by atoms with Crippen molar-refractivity contribution in [2.24, 2.45) is 0 Å². The number of hydrogen-bond acceptors (Lipinski definition) is 3. The van der Waals surface area contributed by atoms with E-state index in [2.05, 4.69) is 17.9 Å². The highest BCUT2D eigenvalue weighted by Gasteiger charge is 2.05. The normalized spacial score (nSPS) is 13.5. The summed E-state index contributed by atoms with van der Waals surface area (Å²) in [5, 5.41) is 2.97. The van der Waals surface area contributed by atoms with Crippen molar-refractivity contribution in [2.45, 2.75) is 12.3 Å². The summed E-state index contributed by atoms with van der Waals surface area (Å²) in [6.07, 6.45) is 0. The van der Waals surface area contributed by atoms with Crippen LogP contribution in [0.25, 0.3) is 0 Å². The van der Waals surface area contributed by atoms with Crippen LogP contribution in [0.5, 0.6) is 0 Å². The summed E-state index contributed by atoms with van der Waals surface area (Å²) in [7, 11) is 1.84. The average molecular weight is 157 g/mol. The Kier molecular flexibility index (Phi) is 2.40. The highest BCUT2D eigenvalue weighted by atomic mass is 32.1. The van der Waals surface area contributed by atoms with Crippen molar-refractivity contribution < 1.29 is 4.42 Å². The van der Waals surface area contributed by atoms with Crippen molar-refractivity contribution in [1.29, 1.82) is 0 Å². The van der Waals surface area contributed by atoms with Gasteiger partial charge in [-0.15, -0.1) is 0 Å². The molecule has 56 valence electrons. The molecule has 0 aliphatic rings. The lowest BCUT2D eigenvalue weighted by Crippen LogP contribution is -2.08. The van der Waals surface area contributed by atoms with E-state index in [-0.39, 0.29) is 5.37 Å². The molecule has 0 aromatic carbocycles. The topological polar surface area (TPSA) is 25.2 Å². The van der Waals surface area contributed by atoms with E-state index in [9.17, 15) is 0 Å². The molecule has 1 atom stereocenters. The number of nitrogens with one attached hydrogen (secondary N) is 1. The number of thiol groups is 1. The second-order valence-corrected chi connectivity index (χ2v) is 2.66. The predicted molar refractivity (Wildman–Crippen MR) is 44.2 cm³/mol. The van der Waals surface area contributed by atoms with Crippen LogP contribution in [0.2, 0.25) is 0 Å². The summed E-state index contributed by atoms with van der Waals surface area (Å²) in [6, 6.07) is 3.85. The van der Waals surface area contributed by atoms with E-state index in [1.807, 2.05) is 26.1 Å². The Balaban J connectivity index is 2.74. The zero-order chi connectivity index (χ0) is 7.56. The summed E-state index contributed by atoms with van der Waals surface area (Å²) in [5.41, 5.74) is 0. The first-order chi connectivity index (χ1) is 4.74. The molecule has 1 aromatic heterocycles. The second kappa shape index (κ2) is 3.12. The SMILES string of the molecule is CNC(S)c1ccc(C)o1. The number of hydrogen-bond donors (Lipinski definition) is 2. The van der Waals surface area contributed by atoms with Crippen LogP contribution in [-0.4, -0.2) is 7.05 Å². The van der Waals surface area contributed by atoms with Gasteiger partial charge in [-0.1, -0.05) is 0 Å². The van der Waals surface area contributed by atoms with E-state index >= 15 is 0 Å². The molecule has 1 aromatic rings. The van der Waals surface area contributed by atoms with Crippen LogP contribution < -0.4 is 5.32 Å². The highest BCUT2D eigenvalue weighted by molar-refractivity contribution is 7.80. The molecule has 1 heterocycles. The van der Waals surface area contributed by atoms with Gasteiger partial charge in [-0.25, -0.2) is 0 Å². The van der Waals surface area contributed by atoms with Crippen LogP contribution in [0, 0.1) is 6.92 Å². The molecule has 0 fully saturated rings. The van der Waals surface area contributed by atoms with Gasteiger partial charge in [0.2, 0.25) is 0 Å². The fourth-order valence-electron chi connectivity index (χ4n) is 0.743. The lowest BCUT2D eigenvalue weighted by Gasteiger charge is -2.03. The fourth-order valence-corrected chi connectivity index (χ4v) is 0.881. The number of furan rings is 1. The van der Waals surface area contributed by atoms with Gasteiger partial charge in [-0.05, 0) is 26.1 Å². The highest BCUT2D eigenvalue weighted by Crippen LogP contribution is 2.18. The van der Waals surface area contributed by atoms with Gasteiger partial charge in [-0.2, -0.15) is 12.6 Å². The number of aryl methyl sites for hydroxylation is 1. The molecule has 3 heteroatoms. The molecule has 0 aliphatic carbocycles. The molecule has 0 saturated carbocycles. The van der Waals surface area contributed by atoms with Crippen LogP contribution in [0.1, 0.15) is 16.9 Å². The minimum atomic E-state index is 0.00806. The largest absolute Gasteiger partial charge is 0.464 e. The maximum absolute atomic E-state index is 5.30. The van der Waals surface area contributed by atoms with Crippen molar-refractivity contribution in [1.82, 2.24) is 5.32 Å². The van der Waals surface area contributed by atoms with Crippen LogP contribution in [0.15, 0.2) is 16.5 Å². The Morgan fingerprint density at radius 2 is 2.30 bits per heavy atom. The Labute approximate surface area is 66.0 Å². The lowest BCUT2D eigenvalue weighted by atomic mass is 10.4. The summed E-state index contributed by atoms with van der Waals surface area (Å²) in [5.74, 6) is 1.78. The van der Waals surface area contributed by atoms with Crippen molar-refractivity contribution >= 4 is 12.6 Å². The molecule has 0 saturated heterocycles. The van der Waals surface area contributed by atoms with Gasteiger partial charge >= 0.3 is 0 Å². The van der Waals surface area contributed by atoms with E-state index in [1.54, 1.807) is 0 Å². The Bertz CT molecular complexity index is 209. The smallest absolute Gasteiger partial charge is 0.131 e. The minimum Gasteiger partial charge on any atom is -0.464 e. The third-order valence-corrected chi connectivity index (χ3v) is 1.82. The third-order valence-electron chi connectivity index (χ3n) is 1.30. The molecule has 2 nitrogen and oxygen atoms in total. The summed E-state index contributed by atoms with van der Waals surface area (Å²) in [4.78, 5) is 0. The fraction of sp³-hybridized carbons (Fsp3) is 0.429. The third kappa shape index (κ3) is 1.55. The van der Waals surface area contributed by atoms with Gasteiger partial charge < -0.3 is 9.73 Å². The van der Waals surface area contributed by atoms with Crippen LogP contribution >= 0.6 is 12.6 Å². The van der Waals surface area contributed by atoms with Crippen molar-refractivity contribution in [2.75, 3.05) is 7.05 Å². The van der Waals surface area contributed by atoms with Crippen LogP contribution in [0.3, 0.4) is 0 Å². The van der Waals surface area contributed by atoms with E-state index in [0.717, 1.165) is 11.5 Å². The molecular weight excluding hydrogens is 146 g/mol. The van der Waals surface area contributed by atoms with E-state index in [4.69, 9.17) is 4.42 Å². The standard InChI is InChI=1S/C7H11NOS/c1-5-3-4-6(9-5)7(10)8-2/h3-4,7-8,10H,1-2H3. The minimum absolute atomic E-state index is 0.00806. The monoisotopic (exact) mass is 157 g/mol. The van der Waals surface area contributed by atoms with E-state index in [0.29, 0.717) is 0 Å². The first-order valence-electron chi connectivity index (χ1n) is 3.15. The maximum atomic E-state index is 5.30. The van der Waals surface area contributed by atoms with Gasteiger partial charge in [0.25, 0.3) is 0 Å². The summed E-state index contributed by atoms with van der Waals surface area (Å²) in [6.45, 7) is 1.92. The summed E-state index contributed by atoms with van der Waals surface area (Å²) >= 11 is 4.23. The predicted octanol–water partition coefficient (Wildman–Crippen LogP) is 1.74. The quantitative estimate of drug-likeness (QED) is 0.505. The van der Waals surface area contributed by atoms with Gasteiger partial charge in [0.15, 0.2) is 0 Å². The zero-order valence-corrected chi connectivity index (χ0v) is 6.98. The molecular formula is C7H11NOS. The average Bonchev–Trinajstić information content (AvgIpc) is 2.34. The van der Waals surface area contributed by atoms with E-state index in [1.165, 1.54) is 0 Å². The van der Waals surface area contributed by atoms with Gasteiger partial charge in [0, 0.05) is 0 Å². The maximum Gasteiger partial charge on any atom is 0.131 e. The molecule has 10 heavy (non-hydrogen) atoms.